The van der Waals surface area contributed by atoms with Crippen molar-refractivity contribution in [3.8, 4) is 5.88 Å². The van der Waals surface area contributed by atoms with Gasteiger partial charge in [0.2, 0.25) is 5.88 Å². The van der Waals surface area contributed by atoms with Gasteiger partial charge in [0.25, 0.3) is 11.6 Å². The molecule has 0 saturated heterocycles. The van der Waals surface area contributed by atoms with E-state index in [1.54, 1.807) is 19.2 Å². The Balaban J connectivity index is 1.64. The lowest BCUT2D eigenvalue weighted by Gasteiger charge is -2.04. The Labute approximate surface area is 170 Å². The Bertz CT molecular complexity index is 1090. The Morgan fingerprint density at radius 1 is 1.28 bits per heavy atom. The predicted molar refractivity (Wildman–Crippen MR) is 110 cm³/mol. The zero-order valence-electron chi connectivity index (χ0n) is 15.5. The van der Waals surface area contributed by atoms with Gasteiger partial charge in [0.15, 0.2) is 5.69 Å². The van der Waals surface area contributed by atoms with Crippen molar-refractivity contribution in [2.45, 2.75) is 12.8 Å². The third kappa shape index (κ3) is 4.69. The molecule has 3 rings (SSSR count). The molecule has 2 aromatic carbocycles. The minimum absolute atomic E-state index is 0.0267. The van der Waals surface area contributed by atoms with Crippen LogP contribution in [0.5, 0.6) is 5.88 Å². The van der Waals surface area contributed by atoms with E-state index in [4.69, 9.17) is 11.6 Å². The third-order valence-corrected chi connectivity index (χ3v) is 4.59. The van der Waals surface area contributed by atoms with Crippen molar-refractivity contribution < 1.29 is 14.8 Å². The molecule has 29 heavy (non-hydrogen) atoms. The lowest BCUT2D eigenvalue weighted by atomic mass is 10.2. The van der Waals surface area contributed by atoms with Crippen LogP contribution < -0.4 is 5.32 Å². The molecule has 1 aromatic heterocycles. The monoisotopic (exact) mass is 415 g/mol. The molecule has 3 aromatic rings. The van der Waals surface area contributed by atoms with E-state index in [0.717, 1.165) is 5.69 Å². The summed E-state index contributed by atoms with van der Waals surface area (Å²) in [7, 11) is 1.59. The highest BCUT2D eigenvalue weighted by atomic mass is 35.5. The van der Waals surface area contributed by atoms with Gasteiger partial charge in [-0.3, -0.25) is 14.9 Å². The number of amides is 1. The van der Waals surface area contributed by atoms with Crippen LogP contribution in [0.25, 0.3) is 10.9 Å². The fraction of sp³-hybridized carbons (Fsp3) is 0.211. The molecule has 0 spiro atoms. The molecule has 1 amide bonds. The molecule has 1 heterocycles. The van der Waals surface area contributed by atoms with Crippen molar-refractivity contribution in [2.75, 3.05) is 11.9 Å². The van der Waals surface area contributed by atoms with E-state index in [1.165, 1.54) is 22.8 Å². The molecule has 0 aliphatic heterocycles. The average Bonchev–Trinajstić information content (AvgIpc) is 2.94. The lowest BCUT2D eigenvalue weighted by molar-refractivity contribution is -0.384. The van der Waals surface area contributed by atoms with E-state index >= 15 is 0 Å². The van der Waals surface area contributed by atoms with Gasteiger partial charge in [-0.2, -0.15) is 0 Å². The molecule has 0 aliphatic carbocycles. The summed E-state index contributed by atoms with van der Waals surface area (Å²) in [6.45, 7) is 0.564. The van der Waals surface area contributed by atoms with Gasteiger partial charge in [-0.15, -0.1) is 10.2 Å². The number of aryl methyl sites for hydroxylation is 1. The first kappa shape index (κ1) is 20.3. The van der Waals surface area contributed by atoms with E-state index in [1.807, 2.05) is 12.1 Å². The molecule has 0 aliphatic rings. The van der Waals surface area contributed by atoms with E-state index in [2.05, 4.69) is 15.5 Å². The molecule has 0 fully saturated rings. The van der Waals surface area contributed by atoms with Crippen molar-refractivity contribution in [3.63, 3.8) is 0 Å². The number of hydrogen-bond acceptors (Lipinski definition) is 6. The normalized spacial score (nSPS) is 11.2. The second kappa shape index (κ2) is 8.70. The number of fused-ring (bicyclic) bond motifs is 1. The maximum Gasteiger partial charge on any atom is 0.270 e. The van der Waals surface area contributed by atoms with Crippen LogP contribution in [0.4, 0.5) is 17.1 Å². The number of rotatable bonds is 7. The molecule has 10 heteroatoms. The summed E-state index contributed by atoms with van der Waals surface area (Å²) < 4.78 is 1.42. The SMILES string of the molecule is Cn1c(O)c(N=NC(=O)CCCNc2ccc(Cl)cc2)c2cc([N+](=O)[O-])ccc21. The van der Waals surface area contributed by atoms with Crippen LogP contribution in [0.3, 0.4) is 0 Å². The van der Waals surface area contributed by atoms with Crippen LogP contribution >= 0.6 is 11.6 Å². The van der Waals surface area contributed by atoms with Crippen molar-refractivity contribution in [1.82, 2.24) is 4.57 Å². The van der Waals surface area contributed by atoms with Gasteiger partial charge in [0, 0.05) is 48.2 Å². The van der Waals surface area contributed by atoms with Gasteiger partial charge in [-0.1, -0.05) is 11.6 Å². The van der Waals surface area contributed by atoms with Gasteiger partial charge < -0.3 is 15.0 Å². The number of non-ortho nitro benzene ring substituents is 1. The van der Waals surface area contributed by atoms with Crippen LogP contribution in [0.1, 0.15) is 12.8 Å². The number of anilines is 1. The first-order chi connectivity index (χ1) is 13.9. The van der Waals surface area contributed by atoms with Gasteiger partial charge in [0.1, 0.15) is 0 Å². The molecular formula is C19H18ClN5O4. The average molecular weight is 416 g/mol. The smallest absolute Gasteiger partial charge is 0.270 e. The molecule has 0 atom stereocenters. The van der Waals surface area contributed by atoms with E-state index in [-0.39, 0.29) is 23.7 Å². The quantitative estimate of drug-likeness (QED) is 0.244. The highest BCUT2D eigenvalue weighted by molar-refractivity contribution is 6.30. The number of carbonyl (C=O) groups excluding carboxylic acids is 1. The summed E-state index contributed by atoms with van der Waals surface area (Å²) in [5.74, 6) is -0.675. The number of nitrogens with one attached hydrogen (secondary N) is 1. The number of halogens is 1. The van der Waals surface area contributed by atoms with Gasteiger partial charge in [0.05, 0.1) is 10.4 Å². The fourth-order valence-corrected chi connectivity index (χ4v) is 2.93. The molecule has 0 bridgehead atoms. The number of nitrogens with zero attached hydrogens (tertiary/aromatic N) is 4. The molecule has 9 nitrogen and oxygen atoms in total. The fourth-order valence-electron chi connectivity index (χ4n) is 2.81. The van der Waals surface area contributed by atoms with E-state index < -0.39 is 10.8 Å². The highest BCUT2D eigenvalue weighted by Crippen LogP contribution is 2.39. The van der Waals surface area contributed by atoms with Crippen molar-refractivity contribution in [1.29, 1.82) is 0 Å². The van der Waals surface area contributed by atoms with Crippen molar-refractivity contribution >= 4 is 45.5 Å². The van der Waals surface area contributed by atoms with Crippen LogP contribution in [-0.2, 0) is 11.8 Å². The number of benzene rings is 2. The Morgan fingerprint density at radius 3 is 2.69 bits per heavy atom. The largest absolute Gasteiger partial charge is 0.493 e. The molecule has 0 saturated carbocycles. The van der Waals surface area contributed by atoms with E-state index in [9.17, 15) is 20.0 Å². The van der Waals surface area contributed by atoms with Gasteiger partial charge in [-0.05, 0) is 36.8 Å². The first-order valence-electron chi connectivity index (χ1n) is 8.76. The number of nitro groups is 1. The maximum absolute atomic E-state index is 12.0. The van der Waals surface area contributed by atoms with Crippen LogP contribution in [0.2, 0.25) is 5.02 Å². The Morgan fingerprint density at radius 2 is 2.00 bits per heavy atom. The van der Waals surface area contributed by atoms with Gasteiger partial charge in [-0.25, -0.2) is 0 Å². The summed E-state index contributed by atoms with van der Waals surface area (Å²) >= 11 is 5.83. The van der Waals surface area contributed by atoms with E-state index in [0.29, 0.717) is 28.9 Å². The lowest BCUT2D eigenvalue weighted by Crippen LogP contribution is -2.03. The Kier molecular flexibility index (Phi) is 6.08. The van der Waals surface area contributed by atoms with Gasteiger partial charge >= 0.3 is 0 Å². The minimum Gasteiger partial charge on any atom is -0.493 e. The summed E-state index contributed by atoms with van der Waals surface area (Å²) in [6.07, 6.45) is 0.698. The second-order valence-electron chi connectivity index (χ2n) is 6.32. The second-order valence-corrected chi connectivity index (χ2v) is 6.76. The number of nitro benzene ring substituents is 1. The summed E-state index contributed by atoms with van der Waals surface area (Å²) in [6, 6.07) is 11.4. The predicted octanol–water partition coefficient (Wildman–Crippen LogP) is 4.95. The first-order valence-corrected chi connectivity index (χ1v) is 9.14. The topological polar surface area (TPSA) is 122 Å². The van der Waals surface area contributed by atoms with Crippen molar-refractivity contribution in [3.05, 3.63) is 57.6 Å². The number of aromatic nitrogens is 1. The molecule has 150 valence electrons. The number of carbonyl (C=O) groups is 1. The maximum atomic E-state index is 12.0. The zero-order chi connectivity index (χ0) is 21.0. The standard InChI is InChI=1S/C19H18ClN5O4/c1-24-16-9-8-14(25(28)29)11-15(16)18(19(24)27)23-22-17(26)3-2-10-21-13-6-4-12(20)5-7-13/h4-9,11,21,27H,2-3,10H2,1H3. The molecule has 0 unspecified atom stereocenters. The van der Waals surface area contributed by atoms with Crippen LogP contribution in [-0.4, -0.2) is 27.0 Å². The summed E-state index contributed by atoms with van der Waals surface area (Å²) in [5, 5.41) is 32.9. The number of azo groups is 1. The third-order valence-electron chi connectivity index (χ3n) is 4.34. The summed E-state index contributed by atoms with van der Waals surface area (Å²) in [4.78, 5) is 22.5. The molecule has 0 radical (unpaired) electrons. The molecule has 2 N–H and O–H groups in total. The minimum atomic E-state index is -0.538. The highest BCUT2D eigenvalue weighted by Gasteiger charge is 2.18. The molecular weight excluding hydrogens is 398 g/mol. The van der Waals surface area contributed by atoms with Crippen LogP contribution in [0, 0.1) is 10.1 Å². The number of hydrogen-bond donors (Lipinski definition) is 2. The van der Waals surface area contributed by atoms with Crippen LogP contribution in [0.15, 0.2) is 52.7 Å². The Hall–Kier alpha value is -3.46. The number of aromatic hydroxyl groups is 1. The van der Waals surface area contributed by atoms with Crippen molar-refractivity contribution in [2.24, 2.45) is 17.3 Å². The zero-order valence-corrected chi connectivity index (χ0v) is 16.3. The summed E-state index contributed by atoms with van der Waals surface area (Å²) in [5.41, 5.74) is 1.32.